The summed E-state index contributed by atoms with van der Waals surface area (Å²) in [6.07, 6.45) is -4.54. The van der Waals surface area contributed by atoms with Gasteiger partial charge in [0.2, 0.25) is 6.29 Å². The molecular weight excluding hydrogens is 338 g/mol. The lowest BCUT2D eigenvalue weighted by molar-refractivity contribution is -0.116. The molecule has 0 bridgehead atoms. The van der Waals surface area contributed by atoms with Crippen LogP contribution in [-0.4, -0.2) is 52.3 Å². The van der Waals surface area contributed by atoms with Gasteiger partial charge in [0.25, 0.3) is 0 Å². The molecule has 0 aromatic heterocycles. The molecule has 0 radical (unpaired) electrons. The quantitative estimate of drug-likeness (QED) is 0.672. The van der Waals surface area contributed by atoms with Gasteiger partial charge >= 0.3 is 0 Å². The Morgan fingerprint density at radius 1 is 1.04 bits per heavy atom. The van der Waals surface area contributed by atoms with Crippen LogP contribution >= 0.6 is 0 Å². The molecule has 0 amide bonds. The van der Waals surface area contributed by atoms with Gasteiger partial charge in [0.1, 0.15) is 24.1 Å². The molecule has 1 saturated heterocycles. The lowest BCUT2D eigenvalue weighted by Crippen LogP contribution is -2.35. The van der Waals surface area contributed by atoms with Crippen molar-refractivity contribution >= 4 is 5.78 Å². The number of carbonyl (C=O) groups is 1. The number of carbonyl (C=O) groups excluding carboxylic acids is 1. The van der Waals surface area contributed by atoms with E-state index in [4.69, 9.17) is 19.8 Å². The highest BCUT2D eigenvalue weighted by Gasteiger charge is 2.43. The molecule has 0 spiro atoms. The van der Waals surface area contributed by atoms with Gasteiger partial charge in [-0.2, -0.15) is 5.26 Å². The van der Waals surface area contributed by atoms with E-state index in [1.807, 2.05) is 6.07 Å². The second-order valence-corrected chi connectivity index (χ2v) is 5.87. The Morgan fingerprint density at radius 3 is 2.12 bits per heavy atom. The largest absolute Gasteiger partial charge is 0.462 e. The van der Waals surface area contributed by atoms with E-state index < -0.39 is 31.2 Å². The second-order valence-electron chi connectivity index (χ2n) is 5.87. The Hall–Kier alpha value is -2.76. The number of hydrogen-bond donors (Lipinski definition) is 3. The SMILES string of the molecule is N#Cc1ccc(C(=O)c2ccc(O[C@@H]3O[C@@H](CO)[C@@H](O)[C@@H]3O)cc2)cc1. The molecule has 3 N–H and O–H groups in total. The van der Waals surface area contributed by atoms with Crippen molar-refractivity contribution in [2.24, 2.45) is 0 Å². The normalized spacial score (nSPS) is 24.8. The second kappa shape index (κ2) is 7.64. The van der Waals surface area contributed by atoms with Crippen LogP contribution in [0.25, 0.3) is 0 Å². The maximum atomic E-state index is 12.4. The van der Waals surface area contributed by atoms with Crippen molar-refractivity contribution in [3.05, 3.63) is 65.2 Å². The van der Waals surface area contributed by atoms with E-state index >= 15 is 0 Å². The van der Waals surface area contributed by atoms with Crippen LogP contribution < -0.4 is 4.74 Å². The molecule has 4 atom stereocenters. The third-order valence-electron chi connectivity index (χ3n) is 4.14. The molecule has 26 heavy (non-hydrogen) atoms. The standard InChI is InChI=1S/C19H17NO6/c20-9-11-1-3-12(4-2-11)16(22)13-5-7-14(8-6-13)25-19-18(24)17(23)15(10-21)26-19/h1-8,15,17-19,21,23-24H,10H2/t15-,17+,18-,19+/m0/s1. The average Bonchev–Trinajstić information content (AvgIpc) is 2.96. The first-order valence-electron chi connectivity index (χ1n) is 7.97. The van der Waals surface area contributed by atoms with Crippen LogP contribution in [0.4, 0.5) is 0 Å². The highest BCUT2D eigenvalue weighted by Crippen LogP contribution is 2.25. The number of hydrogen-bond acceptors (Lipinski definition) is 7. The number of aliphatic hydroxyl groups excluding tert-OH is 3. The van der Waals surface area contributed by atoms with Crippen molar-refractivity contribution in [1.29, 1.82) is 5.26 Å². The molecule has 7 heteroatoms. The maximum absolute atomic E-state index is 12.4. The molecule has 3 rings (SSSR count). The van der Waals surface area contributed by atoms with E-state index in [2.05, 4.69) is 0 Å². The zero-order valence-electron chi connectivity index (χ0n) is 13.6. The Bertz CT molecular complexity index is 811. The van der Waals surface area contributed by atoms with Gasteiger partial charge in [0.15, 0.2) is 5.78 Å². The smallest absolute Gasteiger partial charge is 0.229 e. The molecular formula is C19H17NO6. The fraction of sp³-hybridized carbons (Fsp3) is 0.263. The summed E-state index contributed by atoms with van der Waals surface area (Å²) in [5.74, 6) is 0.144. The maximum Gasteiger partial charge on any atom is 0.229 e. The molecule has 0 aliphatic carbocycles. The number of rotatable bonds is 5. The first-order chi connectivity index (χ1) is 12.5. The Kier molecular flexibility index (Phi) is 5.30. The van der Waals surface area contributed by atoms with Gasteiger partial charge in [-0.05, 0) is 48.5 Å². The van der Waals surface area contributed by atoms with Crippen LogP contribution in [0.1, 0.15) is 21.5 Å². The van der Waals surface area contributed by atoms with Crippen molar-refractivity contribution in [3.63, 3.8) is 0 Å². The van der Waals surface area contributed by atoms with E-state index in [-0.39, 0.29) is 5.78 Å². The van der Waals surface area contributed by atoms with Crippen LogP contribution in [-0.2, 0) is 4.74 Å². The van der Waals surface area contributed by atoms with Crippen LogP contribution in [0.15, 0.2) is 48.5 Å². The van der Waals surface area contributed by atoms with Gasteiger partial charge in [-0.25, -0.2) is 0 Å². The monoisotopic (exact) mass is 355 g/mol. The van der Waals surface area contributed by atoms with Gasteiger partial charge in [-0.15, -0.1) is 0 Å². The van der Waals surface area contributed by atoms with Gasteiger partial charge in [0.05, 0.1) is 18.2 Å². The molecule has 0 unspecified atom stereocenters. The summed E-state index contributed by atoms with van der Waals surface area (Å²) in [4.78, 5) is 12.4. The van der Waals surface area contributed by atoms with E-state index in [0.717, 1.165) is 0 Å². The first-order valence-corrected chi connectivity index (χ1v) is 7.97. The zero-order valence-corrected chi connectivity index (χ0v) is 13.6. The molecule has 134 valence electrons. The Morgan fingerprint density at radius 2 is 1.62 bits per heavy atom. The number of ether oxygens (including phenoxy) is 2. The summed E-state index contributed by atoms with van der Waals surface area (Å²) in [6, 6.07) is 14.5. The molecule has 7 nitrogen and oxygen atoms in total. The summed E-state index contributed by atoms with van der Waals surface area (Å²) >= 11 is 0. The molecule has 1 fully saturated rings. The van der Waals surface area contributed by atoms with Crippen molar-refractivity contribution in [2.45, 2.75) is 24.6 Å². The Balaban J connectivity index is 1.68. The number of aliphatic hydroxyl groups is 3. The van der Waals surface area contributed by atoms with Crippen LogP contribution in [0, 0.1) is 11.3 Å². The predicted molar refractivity (Wildman–Crippen MR) is 89.4 cm³/mol. The molecule has 1 aliphatic heterocycles. The van der Waals surface area contributed by atoms with Crippen LogP contribution in [0.5, 0.6) is 5.75 Å². The number of ketones is 1. The third-order valence-corrected chi connectivity index (χ3v) is 4.14. The average molecular weight is 355 g/mol. The van der Waals surface area contributed by atoms with Crippen LogP contribution in [0.3, 0.4) is 0 Å². The highest BCUT2D eigenvalue weighted by molar-refractivity contribution is 6.09. The fourth-order valence-electron chi connectivity index (χ4n) is 2.64. The summed E-state index contributed by atoms with van der Waals surface area (Å²) in [6.45, 7) is -0.434. The van der Waals surface area contributed by atoms with E-state index in [1.165, 1.54) is 0 Å². The Labute approximate surface area is 149 Å². The topological polar surface area (TPSA) is 120 Å². The number of nitriles is 1. The minimum absolute atomic E-state index is 0.200. The third kappa shape index (κ3) is 3.59. The number of nitrogens with zero attached hydrogens (tertiary/aromatic N) is 1. The van der Waals surface area contributed by atoms with E-state index in [9.17, 15) is 15.0 Å². The van der Waals surface area contributed by atoms with E-state index in [1.54, 1.807) is 48.5 Å². The lowest BCUT2D eigenvalue weighted by atomic mass is 10.0. The molecule has 1 heterocycles. The van der Waals surface area contributed by atoms with Crippen molar-refractivity contribution < 1.29 is 29.6 Å². The molecule has 1 aliphatic rings. The summed E-state index contributed by atoms with van der Waals surface area (Å²) in [5, 5.41) is 37.4. The van der Waals surface area contributed by atoms with Crippen LogP contribution in [0.2, 0.25) is 0 Å². The van der Waals surface area contributed by atoms with Gasteiger partial charge < -0.3 is 24.8 Å². The molecule has 2 aromatic rings. The molecule has 2 aromatic carbocycles. The zero-order chi connectivity index (χ0) is 18.7. The number of benzene rings is 2. The minimum Gasteiger partial charge on any atom is -0.462 e. The van der Waals surface area contributed by atoms with Gasteiger partial charge in [0, 0.05) is 11.1 Å². The summed E-state index contributed by atoms with van der Waals surface area (Å²) < 4.78 is 10.7. The summed E-state index contributed by atoms with van der Waals surface area (Å²) in [5.41, 5.74) is 1.37. The minimum atomic E-state index is -1.29. The predicted octanol–water partition coefficient (Wildman–Crippen LogP) is 0.607. The van der Waals surface area contributed by atoms with Crippen molar-refractivity contribution in [1.82, 2.24) is 0 Å². The summed E-state index contributed by atoms with van der Waals surface area (Å²) in [7, 11) is 0. The molecule has 0 saturated carbocycles. The highest BCUT2D eigenvalue weighted by atomic mass is 16.7. The fourth-order valence-corrected chi connectivity index (χ4v) is 2.64. The van der Waals surface area contributed by atoms with Gasteiger partial charge in [-0.3, -0.25) is 4.79 Å². The van der Waals surface area contributed by atoms with Crippen molar-refractivity contribution in [3.8, 4) is 11.8 Å². The van der Waals surface area contributed by atoms with Crippen molar-refractivity contribution in [2.75, 3.05) is 6.61 Å². The lowest BCUT2D eigenvalue weighted by Gasteiger charge is -2.16. The first kappa shape index (κ1) is 18.0. The van der Waals surface area contributed by atoms with E-state index in [0.29, 0.717) is 22.4 Å². The van der Waals surface area contributed by atoms with Gasteiger partial charge in [-0.1, -0.05) is 0 Å².